The number of nitrogens with one attached hydrogen (secondary N) is 2. The number of aromatic nitrogens is 2. The second-order valence-corrected chi connectivity index (χ2v) is 6.82. The molecule has 0 spiro atoms. The molecular weight excluding hydrogens is 362 g/mol. The minimum Gasteiger partial charge on any atom is -0.337 e. The van der Waals surface area contributed by atoms with Crippen LogP contribution in [0.1, 0.15) is 17.9 Å². The largest absolute Gasteiger partial charge is 0.337 e. The molecular formula is C18H15Cl2FN4. The van der Waals surface area contributed by atoms with E-state index in [1.54, 1.807) is 12.1 Å². The molecule has 0 radical (unpaired) electrons. The third kappa shape index (κ3) is 3.15. The van der Waals surface area contributed by atoms with Crippen LogP contribution in [-0.2, 0) is 0 Å². The number of hydrogen-bond donors (Lipinski definition) is 2. The van der Waals surface area contributed by atoms with Crippen LogP contribution >= 0.6 is 23.2 Å². The third-order valence-corrected chi connectivity index (χ3v) is 5.26. The van der Waals surface area contributed by atoms with Gasteiger partial charge in [0.2, 0.25) is 0 Å². The summed E-state index contributed by atoms with van der Waals surface area (Å²) in [7, 11) is 0. The Hall–Kier alpha value is -1.95. The van der Waals surface area contributed by atoms with Crippen molar-refractivity contribution in [1.29, 1.82) is 0 Å². The Bertz CT molecular complexity index is 942. The smallest absolute Gasteiger partial charge is 0.166 e. The summed E-state index contributed by atoms with van der Waals surface area (Å²) in [6.45, 7) is 1.98. The van der Waals surface area contributed by atoms with Crippen LogP contribution in [-0.4, -0.2) is 23.1 Å². The fourth-order valence-corrected chi connectivity index (χ4v) is 3.43. The molecule has 4 nitrogen and oxygen atoms in total. The van der Waals surface area contributed by atoms with Gasteiger partial charge in [-0.05, 0) is 48.7 Å². The van der Waals surface area contributed by atoms with Crippen LogP contribution in [0.5, 0.6) is 0 Å². The van der Waals surface area contributed by atoms with Crippen molar-refractivity contribution >= 4 is 45.6 Å². The molecule has 1 aromatic heterocycles. The molecule has 0 amide bonds. The lowest BCUT2D eigenvalue weighted by atomic mass is 9.97. The SMILES string of the molecule is Fc1c(Nc2ncnc3ccc(C4CCNC4)cc23)ccc(Cl)c1Cl. The van der Waals surface area contributed by atoms with Gasteiger partial charge in [-0.15, -0.1) is 0 Å². The topological polar surface area (TPSA) is 49.8 Å². The molecule has 25 heavy (non-hydrogen) atoms. The quantitative estimate of drug-likeness (QED) is 0.638. The highest BCUT2D eigenvalue weighted by atomic mass is 35.5. The van der Waals surface area contributed by atoms with Crippen molar-refractivity contribution in [2.75, 3.05) is 18.4 Å². The van der Waals surface area contributed by atoms with Crippen LogP contribution in [0.15, 0.2) is 36.7 Å². The molecule has 1 atom stereocenters. The molecule has 7 heteroatoms. The van der Waals surface area contributed by atoms with E-state index in [1.165, 1.54) is 11.9 Å². The van der Waals surface area contributed by atoms with Gasteiger partial charge in [-0.3, -0.25) is 0 Å². The zero-order valence-electron chi connectivity index (χ0n) is 13.2. The second-order valence-electron chi connectivity index (χ2n) is 6.04. The van der Waals surface area contributed by atoms with Crippen LogP contribution < -0.4 is 10.6 Å². The molecule has 1 aliphatic heterocycles. The number of nitrogens with zero attached hydrogens (tertiary/aromatic N) is 2. The van der Waals surface area contributed by atoms with E-state index in [-0.39, 0.29) is 15.7 Å². The number of anilines is 2. The van der Waals surface area contributed by atoms with E-state index in [0.29, 0.717) is 11.7 Å². The predicted octanol–water partition coefficient (Wildman–Crippen LogP) is 4.90. The Kier molecular flexibility index (Phi) is 4.46. The van der Waals surface area contributed by atoms with Crippen molar-refractivity contribution in [3.05, 3.63) is 58.1 Å². The summed E-state index contributed by atoms with van der Waals surface area (Å²) in [6.07, 6.45) is 2.56. The lowest BCUT2D eigenvalue weighted by Gasteiger charge is -2.13. The van der Waals surface area contributed by atoms with Crippen molar-refractivity contribution in [2.45, 2.75) is 12.3 Å². The monoisotopic (exact) mass is 376 g/mol. The number of fused-ring (bicyclic) bond motifs is 1. The van der Waals surface area contributed by atoms with Crippen LogP contribution in [0.2, 0.25) is 10.0 Å². The first-order valence-corrected chi connectivity index (χ1v) is 8.75. The fourth-order valence-electron chi connectivity index (χ4n) is 3.12. The van der Waals surface area contributed by atoms with Crippen molar-refractivity contribution in [2.24, 2.45) is 0 Å². The van der Waals surface area contributed by atoms with E-state index in [2.05, 4.69) is 32.7 Å². The molecule has 1 fully saturated rings. The molecule has 1 unspecified atom stereocenters. The summed E-state index contributed by atoms with van der Waals surface area (Å²) in [5.74, 6) is 0.409. The molecule has 2 N–H and O–H groups in total. The first-order valence-electron chi connectivity index (χ1n) is 7.99. The van der Waals surface area contributed by atoms with E-state index < -0.39 is 5.82 Å². The van der Waals surface area contributed by atoms with Crippen LogP contribution in [0.25, 0.3) is 10.9 Å². The number of benzene rings is 2. The molecule has 128 valence electrons. The summed E-state index contributed by atoms with van der Waals surface area (Å²) in [4.78, 5) is 8.58. The zero-order valence-corrected chi connectivity index (χ0v) is 14.7. The van der Waals surface area contributed by atoms with Gasteiger partial charge in [0.15, 0.2) is 5.82 Å². The molecule has 4 rings (SSSR count). The van der Waals surface area contributed by atoms with Crippen LogP contribution in [0, 0.1) is 5.82 Å². The fraction of sp³-hybridized carbons (Fsp3) is 0.222. The van der Waals surface area contributed by atoms with Gasteiger partial charge < -0.3 is 10.6 Å². The van der Waals surface area contributed by atoms with E-state index in [1.807, 2.05) is 6.07 Å². The summed E-state index contributed by atoms with van der Waals surface area (Å²) >= 11 is 11.7. The van der Waals surface area contributed by atoms with Gasteiger partial charge in [-0.1, -0.05) is 29.3 Å². The Morgan fingerprint density at radius 2 is 2.04 bits per heavy atom. The average Bonchev–Trinajstić information content (AvgIpc) is 3.17. The van der Waals surface area contributed by atoms with E-state index in [4.69, 9.17) is 23.2 Å². The number of rotatable bonds is 3. The lowest BCUT2D eigenvalue weighted by molar-refractivity contribution is 0.632. The van der Waals surface area contributed by atoms with E-state index in [0.717, 1.165) is 30.4 Å². The van der Waals surface area contributed by atoms with Crippen molar-refractivity contribution in [1.82, 2.24) is 15.3 Å². The summed E-state index contributed by atoms with van der Waals surface area (Å²) < 4.78 is 14.3. The molecule has 0 aliphatic carbocycles. The van der Waals surface area contributed by atoms with Gasteiger partial charge in [0.1, 0.15) is 12.1 Å². The third-order valence-electron chi connectivity index (χ3n) is 4.48. The van der Waals surface area contributed by atoms with Gasteiger partial charge in [-0.2, -0.15) is 0 Å². The highest BCUT2D eigenvalue weighted by Crippen LogP contribution is 2.33. The maximum Gasteiger partial charge on any atom is 0.166 e. The minimum absolute atomic E-state index is 0.109. The van der Waals surface area contributed by atoms with E-state index >= 15 is 0 Å². The minimum atomic E-state index is -0.600. The van der Waals surface area contributed by atoms with Crippen LogP contribution in [0.3, 0.4) is 0 Å². The first-order chi connectivity index (χ1) is 12.1. The molecule has 1 saturated heterocycles. The summed E-state index contributed by atoms with van der Waals surface area (Å²) in [5, 5.41) is 7.30. The molecule has 0 bridgehead atoms. The lowest BCUT2D eigenvalue weighted by Crippen LogP contribution is -2.08. The van der Waals surface area contributed by atoms with E-state index in [9.17, 15) is 4.39 Å². The highest BCUT2D eigenvalue weighted by Gasteiger charge is 2.18. The molecule has 3 aromatic rings. The Balaban J connectivity index is 1.76. The van der Waals surface area contributed by atoms with Gasteiger partial charge in [0.25, 0.3) is 0 Å². The molecule has 2 heterocycles. The maximum absolute atomic E-state index is 14.3. The van der Waals surface area contributed by atoms with Gasteiger partial charge in [0, 0.05) is 11.9 Å². The van der Waals surface area contributed by atoms with Gasteiger partial charge in [-0.25, -0.2) is 14.4 Å². The number of halogens is 3. The molecule has 1 aliphatic rings. The predicted molar refractivity (Wildman–Crippen MR) is 99.5 cm³/mol. The Morgan fingerprint density at radius 3 is 2.84 bits per heavy atom. The van der Waals surface area contributed by atoms with Crippen molar-refractivity contribution < 1.29 is 4.39 Å². The number of hydrogen-bond acceptors (Lipinski definition) is 4. The Morgan fingerprint density at radius 1 is 1.16 bits per heavy atom. The van der Waals surface area contributed by atoms with Gasteiger partial charge in [0.05, 0.1) is 21.2 Å². The molecule has 2 aromatic carbocycles. The summed E-state index contributed by atoms with van der Waals surface area (Å²) in [5.41, 5.74) is 2.25. The normalized spacial score (nSPS) is 17.2. The summed E-state index contributed by atoms with van der Waals surface area (Å²) in [6, 6.07) is 9.23. The van der Waals surface area contributed by atoms with Crippen molar-refractivity contribution in [3.63, 3.8) is 0 Å². The highest BCUT2D eigenvalue weighted by molar-refractivity contribution is 6.42. The van der Waals surface area contributed by atoms with Gasteiger partial charge >= 0.3 is 0 Å². The zero-order chi connectivity index (χ0) is 17.4. The Labute approximate surface area is 154 Å². The second kappa shape index (κ2) is 6.75. The standard InChI is InChI=1S/C18H15Cl2FN4/c19-13-2-4-15(17(21)16(13)20)25-18-12-7-10(11-5-6-22-8-11)1-3-14(12)23-9-24-18/h1-4,7,9,11,22H,5-6,8H2,(H,23,24,25). The van der Waals surface area contributed by atoms with Crippen molar-refractivity contribution in [3.8, 4) is 0 Å². The van der Waals surface area contributed by atoms with Crippen LogP contribution in [0.4, 0.5) is 15.9 Å². The maximum atomic E-state index is 14.3. The first kappa shape index (κ1) is 16.5. The average molecular weight is 377 g/mol. The molecule has 0 saturated carbocycles.